The molecule has 1 saturated carbocycles. The van der Waals surface area contributed by atoms with Crippen LogP contribution in [0.4, 0.5) is 0 Å². The SMILES string of the molecule is O=C(NC1CCCCCCC1)c1ccc(-c2cnco2)cc1. The maximum Gasteiger partial charge on any atom is 0.251 e. The summed E-state index contributed by atoms with van der Waals surface area (Å²) in [4.78, 5) is 16.3. The third-order valence-electron chi connectivity index (χ3n) is 4.30. The topological polar surface area (TPSA) is 55.1 Å². The highest BCUT2D eigenvalue weighted by Crippen LogP contribution is 2.20. The summed E-state index contributed by atoms with van der Waals surface area (Å²) < 4.78 is 5.26. The molecule has 0 radical (unpaired) electrons. The minimum atomic E-state index is 0.0229. The molecule has 1 aromatic heterocycles. The molecule has 2 aromatic rings. The molecule has 0 unspecified atom stereocenters. The molecule has 1 aromatic carbocycles. The number of carbonyl (C=O) groups is 1. The summed E-state index contributed by atoms with van der Waals surface area (Å²) in [6, 6.07) is 7.80. The Morgan fingerprint density at radius 1 is 1.05 bits per heavy atom. The lowest BCUT2D eigenvalue weighted by Gasteiger charge is -2.21. The Bertz CT molecular complexity index is 582. The third-order valence-corrected chi connectivity index (χ3v) is 4.30. The zero-order valence-electron chi connectivity index (χ0n) is 12.8. The predicted octanol–water partition coefficient (Wildman–Crippen LogP) is 4.18. The van der Waals surface area contributed by atoms with Crippen LogP contribution in [-0.4, -0.2) is 16.9 Å². The lowest BCUT2D eigenvalue weighted by molar-refractivity contribution is 0.0930. The maximum absolute atomic E-state index is 12.4. The number of hydrogen-bond acceptors (Lipinski definition) is 3. The number of hydrogen-bond donors (Lipinski definition) is 1. The molecule has 0 atom stereocenters. The van der Waals surface area contributed by atoms with E-state index in [1.807, 2.05) is 24.3 Å². The van der Waals surface area contributed by atoms with Gasteiger partial charge in [-0.15, -0.1) is 0 Å². The van der Waals surface area contributed by atoms with E-state index in [4.69, 9.17) is 4.42 Å². The van der Waals surface area contributed by atoms with E-state index in [1.165, 1.54) is 38.5 Å². The summed E-state index contributed by atoms with van der Waals surface area (Å²) in [7, 11) is 0. The van der Waals surface area contributed by atoms with Crippen LogP contribution in [0.3, 0.4) is 0 Å². The van der Waals surface area contributed by atoms with E-state index in [2.05, 4.69) is 10.3 Å². The second-order valence-corrected chi connectivity index (χ2v) is 5.96. The molecule has 22 heavy (non-hydrogen) atoms. The van der Waals surface area contributed by atoms with Gasteiger partial charge in [0.15, 0.2) is 12.2 Å². The van der Waals surface area contributed by atoms with Crippen molar-refractivity contribution in [2.75, 3.05) is 0 Å². The average Bonchev–Trinajstić information content (AvgIpc) is 3.04. The molecule has 1 fully saturated rings. The van der Waals surface area contributed by atoms with Crippen molar-refractivity contribution < 1.29 is 9.21 Å². The van der Waals surface area contributed by atoms with E-state index in [0.29, 0.717) is 17.4 Å². The van der Waals surface area contributed by atoms with Crippen LogP contribution in [0.25, 0.3) is 11.3 Å². The molecule has 0 aliphatic heterocycles. The van der Waals surface area contributed by atoms with Crippen LogP contribution in [0.2, 0.25) is 0 Å². The van der Waals surface area contributed by atoms with Gasteiger partial charge in [0.25, 0.3) is 5.91 Å². The second kappa shape index (κ2) is 7.25. The summed E-state index contributed by atoms with van der Waals surface area (Å²) in [6.45, 7) is 0. The number of oxazole rings is 1. The smallest absolute Gasteiger partial charge is 0.251 e. The van der Waals surface area contributed by atoms with Gasteiger partial charge in [-0.1, -0.05) is 44.2 Å². The zero-order chi connectivity index (χ0) is 15.2. The van der Waals surface area contributed by atoms with E-state index in [1.54, 1.807) is 6.20 Å². The first-order valence-electron chi connectivity index (χ1n) is 8.13. The first-order valence-corrected chi connectivity index (χ1v) is 8.13. The summed E-state index contributed by atoms with van der Waals surface area (Å²) in [5.74, 6) is 0.738. The van der Waals surface area contributed by atoms with Crippen molar-refractivity contribution in [2.45, 2.75) is 51.0 Å². The fourth-order valence-electron chi connectivity index (χ4n) is 3.01. The van der Waals surface area contributed by atoms with Gasteiger partial charge >= 0.3 is 0 Å². The van der Waals surface area contributed by atoms with Gasteiger partial charge in [-0.25, -0.2) is 4.98 Å². The molecule has 0 bridgehead atoms. The van der Waals surface area contributed by atoms with Gasteiger partial charge in [-0.05, 0) is 25.0 Å². The molecular formula is C18H22N2O2. The predicted molar refractivity (Wildman–Crippen MR) is 85.5 cm³/mol. The number of amides is 1. The fourth-order valence-corrected chi connectivity index (χ4v) is 3.01. The number of nitrogens with one attached hydrogen (secondary N) is 1. The molecule has 1 aliphatic rings. The second-order valence-electron chi connectivity index (χ2n) is 5.96. The van der Waals surface area contributed by atoms with Gasteiger partial charge in [0, 0.05) is 17.2 Å². The number of rotatable bonds is 3. The van der Waals surface area contributed by atoms with Crippen LogP contribution in [0, 0.1) is 0 Å². The number of carbonyl (C=O) groups excluding carboxylic acids is 1. The van der Waals surface area contributed by atoms with Crippen molar-refractivity contribution >= 4 is 5.91 Å². The highest BCUT2D eigenvalue weighted by molar-refractivity contribution is 5.94. The van der Waals surface area contributed by atoms with E-state index < -0.39 is 0 Å². The molecule has 1 N–H and O–H groups in total. The lowest BCUT2D eigenvalue weighted by Crippen LogP contribution is -2.35. The van der Waals surface area contributed by atoms with E-state index in [0.717, 1.165) is 18.4 Å². The Balaban J connectivity index is 1.62. The van der Waals surface area contributed by atoms with Gasteiger partial charge in [0.05, 0.1) is 6.20 Å². The highest BCUT2D eigenvalue weighted by atomic mass is 16.3. The van der Waals surface area contributed by atoms with Crippen LogP contribution in [0.1, 0.15) is 55.3 Å². The largest absolute Gasteiger partial charge is 0.444 e. The van der Waals surface area contributed by atoms with Crippen molar-refractivity contribution in [3.8, 4) is 11.3 Å². The normalized spacial score (nSPS) is 16.7. The summed E-state index contributed by atoms with van der Waals surface area (Å²) in [6.07, 6.45) is 11.6. The Morgan fingerprint density at radius 3 is 2.36 bits per heavy atom. The molecule has 4 nitrogen and oxygen atoms in total. The number of nitrogens with zero attached hydrogens (tertiary/aromatic N) is 1. The van der Waals surface area contributed by atoms with Gasteiger partial charge in [-0.2, -0.15) is 0 Å². The van der Waals surface area contributed by atoms with Crippen LogP contribution in [0.15, 0.2) is 41.3 Å². The van der Waals surface area contributed by atoms with Gasteiger partial charge < -0.3 is 9.73 Å². The molecule has 1 heterocycles. The minimum absolute atomic E-state index is 0.0229. The van der Waals surface area contributed by atoms with Crippen molar-refractivity contribution in [2.24, 2.45) is 0 Å². The number of benzene rings is 1. The molecule has 3 rings (SSSR count). The van der Waals surface area contributed by atoms with Crippen LogP contribution < -0.4 is 5.32 Å². The zero-order valence-corrected chi connectivity index (χ0v) is 12.8. The van der Waals surface area contributed by atoms with Crippen LogP contribution >= 0.6 is 0 Å². The van der Waals surface area contributed by atoms with Crippen LogP contribution in [-0.2, 0) is 0 Å². The molecule has 116 valence electrons. The van der Waals surface area contributed by atoms with Crippen molar-refractivity contribution in [1.29, 1.82) is 0 Å². The molecular weight excluding hydrogens is 276 g/mol. The molecule has 0 saturated heterocycles. The molecule has 0 spiro atoms. The van der Waals surface area contributed by atoms with Gasteiger partial charge in [-0.3, -0.25) is 4.79 Å². The van der Waals surface area contributed by atoms with Crippen molar-refractivity contribution in [3.63, 3.8) is 0 Å². The Kier molecular flexibility index (Phi) is 4.88. The first kappa shape index (κ1) is 14.8. The summed E-state index contributed by atoms with van der Waals surface area (Å²) in [5.41, 5.74) is 1.63. The van der Waals surface area contributed by atoms with E-state index >= 15 is 0 Å². The van der Waals surface area contributed by atoms with E-state index in [-0.39, 0.29) is 5.91 Å². The number of aromatic nitrogens is 1. The third kappa shape index (κ3) is 3.75. The van der Waals surface area contributed by atoms with Crippen LogP contribution in [0.5, 0.6) is 0 Å². The summed E-state index contributed by atoms with van der Waals surface area (Å²) >= 11 is 0. The van der Waals surface area contributed by atoms with Gasteiger partial charge in [0.2, 0.25) is 0 Å². The van der Waals surface area contributed by atoms with Crippen molar-refractivity contribution in [3.05, 3.63) is 42.4 Å². The highest BCUT2D eigenvalue weighted by Gasteiger charge is 2.15. The van der Waals surface area contributed by atoms with Crippen molar-refractivity contribution in [1.82, 2.24) is 10.3 Å². The molecule has 1 amide bonds. The summed E-state index contributed by atoms with van der Waals surface area (Å²) in [5, 5.41) is 3.18. The van der Waals surface area contributed by atoms with Gasteiger partial charge in [0.1, 0.15) is 0 Å². The Hall–Kier alpha value is -2.10. The monoisotopic (exact) mass is 298 g/mol. The Morgan fingerprint density at radius 2 is 1.73 bits per heavy atom. The molecule has 1 aliphatic carbocycles. The minimum Gasteiger partial charge on any atom is -0.444 e. The maximum atomic E-state index is 12.4. The molecule has 4 heteroatoms. The quantitative estimate of drug-likeness (QED) is 0.924. The lowest BCUT2D eigenvalue weighted by atomic mass is 9.96. The average molecular weight is 298 g/mol. The van der Waals surface area contributed by atoms with E-state index in [9.17, 15) is 4.79 Å². The fraction of sp³-hybridized carbons (Fsp3) is 0.444. The Labute approximate surface area is 130 Å². The standard InChI is InChI=1S/C18H22N2O2/c21-18(20-16-6-4-2-1-3-5-7-16)15-10-8-14(9-11-15)17-12-19-13-22-17/h8-13,16H,1-7H2,(H,20,21). The first-order chi connectivity index (χ1) is 10.8.